The van der Waals surface area contributed by atoms with Crippen molar-refractivity contribution in [3.63, 3.8) is 0 Å². The van der Waals surface area contributed by atoms with Gasteiger partial charge in [0.15, 0.2) is 0 Å². The molecule has 1 heteroatoms. The molecule has 0 heterocycles. The van der Waals surface area contributed by atoms with E-state index in [1.54, 1.807) is 0 Å². The van der Waals surface area contributed by atoms with Crippen LogP contribution in [0.2, 0.25) is 0 Å². The maximum atomic E-state index is 9.18. The van der Waals surface area contributed by atoms with Gasteiger partial charge in [0.1, 0.15) is 0 Å². The van der Waals surface area contributed by atoms with Crippen molar-refractivity contribution in [2.24, 2.45) is 0 Å². The number of aryl methyl sites for hydroxylation is 2. The smallest absolute Gasteiger partial charge is 0.0998 e. The van der Waals surface area contributed by atoms with Gasteiger partial charge in [-0.05, 0) is 36.1 Å². The fourth-order valence-electron chi connectivity index (χ4n) is 2.09. The topological polar surface area (TPSA) is 23.8 Å². The van der Waals surface area contributed by atoms with Crippen molar-refractivity contribution in [2.75, 3.05) is 0 Å². The SMILES string of the molecule is CCc1cccc(-c2c(C)cccc2C#N)c1. The summed E-state index contributed by atoms with van der Waals surface area (Å²) in [5, 5.41) is 9.18. The predicted molar refractivity (Wildman–Crippen MR) is 70.7 cm³/mol. The van der Waals surface area contributed by atoms with E-state index >= 15 is 0 Å². The van der Waals surface area contributed by atoms with E-state index < -0.39 is 0 Å². The van der Waals surface area contributed by atoms with Crippen LogP contribution in [0.3, 0.4) is 0 Å². The van der Waals surface area contributed by atoms with Gasteiger partial charge in [-0.3, -0.25) is 0 Å². The molecule has 0 saturated carbocycles. The van der Waals surface area contributed by atoms with Crippen LogP contribution in [-0.4, -0.2) is 0 Å². The van der Waals surface area contributed by atoms with Crippen LogP contribution in [0.1, 0.15) is 23.6 Å². The van der Waals surface area contributed by atoms with E-state index in [0.717, 1.165) is 28.7 Å². The summed E-state index contributed by atoms with van der Waals surface area (Å²) in [7, 11) is 0. The summed E-state index contributed by atoms with van der Waals surface area (Å²) in [5.41, 5.74) is 5.40. The Bertz CT molecular complexity index is 576. The molecule has 0 aliphatic heterocycles. The third kappa shape index (κ3) is 2.21. The minimum absolute atomic E-state index is 0.748. The normalized spacial score (nSPS) is 9.94. The van der Waals surface area contributed by atoms with Crippen LogP contribution in [0.5, 0.6) is 0 Å². The van der Waals surface area contributed by atoms with Gasteiger partial charge in [0.25, 0.3) is 0 Å². The molecule has 1 nitrogen and oxygen atoms in total. The second-order valence-electron chi connectivity index (χ2n) is 4.16. The van der Waals surface area contributed by atoms with Gasteiger partial charge in [-0.2, -0.15) is 5.26 Å². The summed E-state index contributed by atoms with van der Waals surface area (Å²) in [6.07, 6.45) is 1.02. The molecule has 0 fully saturated rings. The molecule has 0 N–H and O–H groups in total. The van der Waals surface area contributed by atoms with Gasteiger partial charge in [0.05, 0.1) is 11.6 Å². The molecule has 0 bridgehead atoms. The van der Waals surface area contributed by atoms with E-state index in [1.165, 1.54) is 5.56 Å². The minimum Gasteiger partial charge on any atom is -0.192 e. The summed E-state index contributed by atoms with van der Waals surface area (Å²) in [4.78, 5) is 0. The van der Waals surface area contributed by atoms with Gasteiger partial charge >= 0.3 is 0 Å². The van der Waals surface area contributed by atoms with Crippen LogP contribution < -0.4 is 0 Å². The van der Waals surface area contributed by atoms with E-state index in [1.807, 2.05) is 12.1 Å². The molecule has 17 heavy (non-hydrogen) atoms. The maximum absolute atomic E-state index is 9.18. The molecule has 0 atom stereocenters. The van der Waals surface area contributed by atoms with Crippen molar-refractivity contribution in [3.05, 3.63) is 59.2 Å². The van der Waals surface area contributed by atoms with Gasteiger partial charge in [0, 0.05) is 5.56 Å². The Morgan fingerprint density at radius 3 is 2.59 bits per heavy atom. The summed E-state index contributed by atoms with van der Waals surface area (Å²) < 4.78 is 0. The third-order valence-corrected chi connectivity index (χ3v) is 3.02. The highest BCUT2D eigenvalue weighted by molar-refractivity contribution is 5.74. The maximum Gasteiger partial charge on any atom is 0.0998 e. The van der Waals surface area contributed by atoms with Gasteiger partial charge in [-0.25, -0.2) is 0 Å². The molecule has 0 spiro atoms. The molecule has 2 aromatic carbocycles. The second kappa shape index (κ2) is 4.84. The standard InChI is InChI=1S/C16H15N/c1-3-13-7-5-8-14(10-13)16-12(2)6-4-9-15(16)11-17/h4-10H,3H2,1-2H3. The molecule has 0 unspecified atom stereocenters. The lowest BCUT2D eigenvalue weighted by molar-refractivity contribution is 1.14. The Kier molecular flexibility index (Phi) is 3.25. The summed E-state index contributed by atoms with van der Waals surface area (Å²) >= 11 is 0. The highest BCUT2D eigenvalue weighted by atomic mass is 14.2. The largest absolute Gasteiger partial charge is 0.192 e. The van der Waals surface area contributed by atoms with E-state index in [4.69, 9.17) is 0 Å². The van der Waals surface area contributed by atoms with Crippen LogP contribution in [0.4, 0.5) is 0 Å². The Morgan fingerprint density at radius 2 is 1.88 bits per heavy atom. The van der Waals surface area contributed by atoms with Crippen LogP contribution in [0.25, 0.3) is 11.1 Å². The Hall–Kier alpha value is -2.07. The number of hydrogen-bond donors (Lipinski definition) is 0. The van der Waals surface area contributed by atoms with Crippen LogP contribution in [0.15, 0.2) is 42.5 Å². The van der Waals surface area contributed by atoms with Gasteiger partial charge < -0.3 is 0 Å². The van der Waals surface area contributed by atoms with Crippen molar-refractivity contribution >= 4 is 0 Å². The molecule has 2 aromatic rings. The number of hydrogen-bond acceptors (Lipinski definition) is 1. The highest BCUT2D eigenvalue weighted by Crippen LogP contribution is 2.27. The molecular weight excluding hydrogens is 206 g/mol. The summed E-state index contributed by atoms with van der Waals surface area (Å²) in [5.74, 6) is 0. The van der Waals surface area contributed by atoms with Gasteiger partial charge in [0.2, 0.25) is 0 Å². The highest BCUT2D eigenvalue weighted by Gasteiger charge is 2.07. The van der Waals surface area contributed by atoms with Crippen molar-refractivity contribution in [3.8, 4) is 17.2 Å². The van der Waals surface area contributed by atoms with Crippen molar-refractivity contribution < 1.29 is 0 Å². The quantitative estimate of drug-likeness (QED) is 0.749. The van der Waals surface area contributed by atoms with Crippen molar-refractivity contribution in [1.82, 2.24) is 0 Å². The summed E-state index contributed by atoms with van der Waals surface area (Å²) in [6.45, 7) is 4.19. The lowest BCUT2D eigenvalue weighted by atomic mass is 9.94. The lowest BCUT2D eigenvalue weighted by Gasteiger charge is -2.09. The fourth-order valence-corrected chi connectivity index (χ4v) is 2.09. The number of rotatable bonds is 2. The Balaban J connectivity index is 2.64. The summed E-state index contributed by atoms with van der Waals surface area (Å²) in [6, 6.07) is 16.5. The first kappa shape index (κ1) is 11.4. The van der Waals surface area contributed by atoms with E-state index in [9.17, 15) is 5.26 Å². The zero-order valence-corrected chi connectivity index (χ0v) is 10.2. The predicted octanol–water partition coefficient (Wildman–Crippen LogP) is 4.10. The zero-order chi connectivity index (χ0) is 12.3. The van der Waals surface area contributed by atoms with Crippen LogP contribution >= 0.6 is 0 Å². The molecule has 0 aliphatic carbocycles. The van der Waals surface area contributed by atoms with Gasteiger partial charge in [-0.1, -0.05) is 43.3 Å². The first-order valence-electron chi connectivity index (χ1n) is 5.85. The molecule has 0 amide bonds. The molecule has 0 aliphatic rings. The van der Waals surface area contributed by atoms with Crippen LogP contribution in [0, 0.1) is 18.3 Å². The number of nitriles is 1. The molecule has 84 valence electrons. The van der Waals surface area contributed by atoms with Crippen molar-refractivity contribution in [2.45, 2.75) is 20.3 Å². The Morgan fingerprint density at radius 1 is 1.12 bits per heavy atom. The first-order valence-corrected chi connectivity index (χ1v) is 5.85. The lowest BCUT2D eigenvalue weighted by Crippen LogP contribution is -1.90. The molecule has 0 saturated heterocycles. The van der Waals surface area contributed by atoms with E-state index in [0.29, 0.717) is 0 Å². The van der Waals surface area contributed by atoms with Gasteiger partial charge in [-0.15, -0.1) is 0 Å². The second-order valence-corrected chi connectivity index (χ2v) is 4.16. The average Bonchev–Trinajstić information content (AvgIpc) is 2.38. The minimum atomic E-state index is 0.748. The fraction of sp³-hybridized carbons (Fsp3) is 0.188. The third-order valence-electron chi connectivity index (χ3n) is 3.02. The van der Waals surface area contributed by atoms with E-state index in [-0.39, 0.29) is 0 Å². The molecule has 2 rings (SSSR count). The molecule has 0 aromatic heterocycles. The molecule has 0 radical (unpaired) electrons. The number of nitrogens with zero attached hydrogens (tertiary/aromatic N) is 1. The Labute approximate surface area is 102 Å². The average molecular weight is 221 g/mol. The monoisotopic (exact) mass is 221 g/mol. The van der Waals surface area contributed by atoms with Crippen molar-refractivity contribution in [1.29, 1.82) is 5.26 Å². The zero-order valence-electron chi connectivity index (χ0n) is 10.2. The van der Waals surface area contributed by atoms with Crippen LogP contribution in [-0.2, 0) is 6.42 Å². The number of benzene rings is 2. The van der Waals surface area contributed by atoms with E-state index in [2.05, 4.69) is 50.2 Å². The first-order chi connectivity index (χ1) is 8.26. The molecular formula is C16H15N.